The van der Waals surface area contributed by atoms with Crippen molar-refractivity contribution in [1.82, 2.24) is 9.78 Å². The third-order valence-electron chi connectivity index (χ3n) is 5.87. The Morgan fingerprint density at radius 2 is 1.80 bits per heavy atom. The number of hydrogen-bond donors (Lipinski definition) is 0. The van der Waals surface area contributed by atoms with Crippen molar-refractivity contribution in [3.63, 3.8) is 0 Å². The van der Waals surface area contributed by atoms with Crippen LogP contribution in [0, 0.1) is 10.4 Å². The first kappa shape index (κ1) is 14.7. The largest absolute Gasteiger partial charge is 0.268 e. The number of aryl methyl sites for hydroxylation is 1. The van der Waals surface area contributed by atoms with Gasteiger partial charge in [-0.2, -0.15) is 5.10 Å². The van der Waals surface area contributed by atoms with Gasteiger partial charge in [0, 0.05) is 18.8 Å². The van der Waals surface area contributed by atoms with Crippen LogP contribution in [0.15, 0.2) is 42.6 Å². The fourth-order valence-electron chi connectivity index (χ4n) is 4.61. The second-order valence-corrected chi connectivity index (χ2v) is 7.27. The lowest BCUT2D eigenvalue weighted by atomic mass is 9.86. The molecule has 0 bridgehead atoms. The van der Waals surface area contributed by atoms with Crippen LogP contribution < -0.4 is 10.4 Å². The highest BCUT2D eigenvalue weighted by atomic mass is 15.3. The van der Waals surface area contributed by atoms with Crippen LogP contribution in [0.1, 0.15) is 30.9 Å². The van der Waals surface area contributed by atoms with Gasteiger partial charge in [-0.25, -0.2) is 0 Å². The molecular weight excluding hydrogens is 304 g/mol. The Balaban J connectivity index is 1.92. The maximum Gasteiger partial charge on any atom is 0.0685 e. The topological polar surface area (TPSA) is 17.8 Å². The van der Waals surface area contributed by atoms with E-state index in [1.165, 1.54) is 51.4 Å². The minimum atomic E-state index is 1.04. The highest BCUT2D eigenvalue weighted by Gasteiger charge is 2.15. The fraction of sp³-hybridized carbons (Fsp3) is 0.261. The number of fused-ring (bicyclic) bond motifs is 4. The molecule has 0 atom stereocenters. The molecule has 2 aliphatic rings. The Labute approximate surface area is 147 Å². The summed E-state index contributed by atoms with van der Waals surface area (Å²) in [5.74, 6) is 0. The highest BCUT2D eigenvalue weighted by molar-refractivity contribution is 5.64. The van der Waals surface area contributed by atoms with Crippen LogP contribution in [0.5, 0.6) is 0 Å². The Morgan fingerprint density at radius 1 is 0.920 bits per heavy atom. The molecule has 0 radical (unpaired) electrons. The van der Waals surface area contributed by atoms with Gasteiger partial charge in [0.05, 0.1) is 5.69 Å². The molecule has 0 N–H and O–H groups in total. The fourth-order valence-corrected chi connectivity index (χ4v) is 4.61. The van der Waals surface area contributed by atoms with Crippen molar-refractivity contribution >= 4 is 11.6 Å². The molecule has 0 aliphatic heterocycles. The average molecular weight is 326 g/mol. The minimum Gasteiger partial charge on any atom is -0.268 e. The van der Waals surface area contributed by atoms with Crippen molar-refractivity contribution in [1.29, 1.82) is 0 Å². The molecule has 25 heavy (non-hydrogen) atoms. The van der Waals surface area contributed by atoms with Crippen LogP contribution in [0.3, 0.4) is 0 Å². The number of hydrogen-bond acceptors (Lipinski definition) is 1. The molecule has 0 spiro atoms. The van der Waals surface area contributed by atoms with E-state index in [0.29, 0.717) is 0 Å². The molecule has 2 aliphatic carbocycles. The molecule has 0 fully saturated rings. The Kier molecular flexibility index (Phi) is 3.21. The predicted octanol–water partition coefficient (Wildman–Crippen LogP) is 3.22. The van der Waals surface area contributed by atoms with Crippen LogP contribution in [0.25, 0.3) is 22.9 Å². The number of rotatable bonds is 1. The van der Waals surface area contributed by atoms with E-state index in [0.717, 1.165) is 6.42 Å². The van der Waals surface area contributed by atoms with Crippen LogP contribution >= 0.6 is 0 Å². The summed E-state index contributed by atoms with van der Waals surface area (Å²) in [5, 5.41) is 10.0. The summed E-state index contributed by atoms with van der Waals surface area (Å²) in [4.78, 5) is 0. The first-order chi connectivity index (χ1) is 12.2. The van der Waals surface area contributed by atoms with Crippen LogP contribution in [0.4, 0.5) is 0 Å². The molecule has 0 saturated heterocycles. The molecule has 1 heterocycles. The van der Waals surface area contributed by atoms with E-state index >= 15 is 0 Å². The molecule has 2 nitrogen and oxygen atoms in total. The van der Waals surface area contributed by atoms with E-state index in [1.807, 2.05) is 17.9 Å². The summed E-state index contributed by atoms with van der Waals surface area (Å²) in [6, 6.07) is 13.5. The maximum atomic E-state index is 4.35. The van der Waals surface area contributed by atoms with E-state index in [2.05, 4.69) is 54.5 Å². The summed E-state index contributed by atoms with van der Waals surface area (Å²) in [6.45, 7) is 2.30. The summed E-state index contributed by atoms with van der Waals surface area (Å²) < 4.78 is 1.96. The van der Waals surface area contributed by atoms with Crippen LogP contribution in [-0.2, 0) is 19.9 Å². The van der Waals surface area contributed by atoms with Gasteiger partial charge in [0.1, 0.15) is 0 Å². The normalized spacial score (nSPS) is 15.2. The van der Waals surface area contributed by atoms with Gasteiger partial charge >= 0.3 is 0 Å². The lowest BCUT2D eigenvalue weighted by Gasteiger charge is -2.19. The first-order valence-electron chi connectivity index (χ1n) is 9.16. The van der Waals surface area contributed by atoms with Crippen molar-refractivity contribution in [2.75, 3.05) is 0 Å². The lowest BCUT2D eigenvalue weighted by molar-refractivity contribution is 0.775. The summed E-state index contributed by atoms with van der Waals surface area (Å²) >= 11 is 0. The molecular formula is C23H22N2. The molecule has 5 rings (SSSR count). The predicted molar refractivity (Wildman–Crippen MR) is 102 cm³/mol. The van der Waals surface area contributed by atoms with E-state index in [9.17, 15) is 0 Å². The minimum absolute atomic E-state index is 1.04. The number of aromatic nitrogens is 2. The van der Waals surface area contributed by atoms with Gasteiger partial charge in [-0.15, -0.1) is 0 Å². The Bertz CT molecular complexity index is 1210. The monoisotopic (exact) mass is 326 g/mol. The van der Waals surface area contributed by atoms with E-state index in [1.54, 1.807) is 16.7 Å². The zero-order valence-electron chi connectivity index (χ0n) is 14.8. The van der Waals surface area contributed by atoms with E-state index in [4.69, 9.17) is 0 Å². The number of benzene rings is 2. The van der Waals surface area contributed by atoms with Gasteiger partial charge in [-0.3, -0.25) is 4.68 Å². The Morgan fingerprint density at radius 3 is 2.64 bits per heavy atom. The first-order valence-corrected chi connectivity index (χ1v) is 9.16. The van der Waals surface area contributed by atoms with Gasteiger partial charge in [0.25, 0.3) is 0 Å². The van der Waals surface area contributed by atoms with Crippen molar-refractivity contribution < 1.29 is 0 Å². The summed E-state index contributed by atoms with van der Waals surface area (Å²) in [5.41, 5.74) is 7.15. The van der Waals surface area contributed by atoms with Crippen molar-refractivity contribution in [3.05, 3.63) is 74.6 Å². The van der Waals surface area contributed by atoms with Crippen molar-refractivity contribution in [2.24, 2.45) is 7.05 Å². The second kappa shape index (κ2) is 5.45. The van der Waals surface area contributed by atoms with Gasteiger partial charge in [0.2, 0.25) is 0 Å². The van der Waals surface area contributed by atoms with E-state index in [-0.39, 0.29) is 0 Å². The molecule has 3 aromatic rings. The van der Waals surface area contributed by atoms with Gasteiger partial charge in [-0.1, -0.05) is 42.0 Å². The molecule has 0 amide bonds. The molecule has 0 unspecified atom stereocenters. The van der Waals surface area contributed by atoms with Crippen LogP contribution in [0.2, 0.25) is 0 Å². The molecule has 2 heteroatoms. The molecule has 124 valence electrons. The second-order valence-electron chi connectivity index (χ2n) is 7.27. The Hall–Kier alpha value is -2.61. The van der Waals surface area contributed by atoms with Gasteiger partial charge in [-0.05, 0) is 70.7 Å². The zero-order valence-corrected chi connectivity index (χ0v) is 14.8. The standard InChI is InChI=1S/C23H22N2/c1-15-5-3-6-17-16(15)9-10-20-18-7-4-8-22(21(18)12-11-19(17)20)23-13-14-24-25(23)2/h4,7-10,12-14H,3,5-6,11H2,1-2H3. The lowest BCUT2D eigenvalue weighted by Crippen LogP contribution is -2.22. The SMILES string of the molecule is CC1=c2ccc3c(c2CCC1)CC=c1c(-c2ccnn2C)cccc1=3. The van der Waals surface area contributed by atoms with Gasteiger partial charge in [0.15, 0.2) is 0 Å². The third kappa shape index (κ3) is 2.13. The summed E-state index contributed by atoms with van der Waals surface area (Å²) in [6.07, 6.45) is 9.09. The molecule has 2 aromatic carbocycles. The molecule has 1 aromatic heterocycles. The zero-order chi connectivity index (χ0) is 17.0. The molecule has 0 saturated carbocycles. The summed E-state index contributed by atoms with van der Waals surface area (Å²) in [7, 11) is 2.01. The van der Waals surface area contributed by atoms with Gasteiger partial charge < -0.3 is 0 Å². The van der Waals surface area contributed by atoms with Crippen molar-refractivity contribution in [3.8, 4) is 11.3 Å². The smallest absolute Gasteiger partial charge is 0.0685 e. The number of nitrogens with zero attached hydrogens (tertiary/aromatic N) is 2. The quantitative estimate of drug-likeness (QED) is 0.671. The highest BCUT2D eigenvalue weighted by Crippen LogP contribution is 2.22. The van der Waals surface area contributed by atoms with E-state index < -0.39 is 0 Å². The average Bonchev–Trinajstić information content (AvgIpc) is 3.06. The third-order valence-corrected chi connectivity index (χ3v) is 5.87. The maximum absolute atomic E-state index is 4.35. The van der Waals surface area contributed by atoms with Crippen molar-refractivity contribution in [2.45, 2.75) is 32.6 Å². The van der Waals surface area contributed by atoms with Crippen LogP contribution in [-0.4, -0.2) is 9.78 Å².